The molecule has 0 aromatic heterocycles. The molecule has 2 saturated carbocycles. The number of hydrogen-bond donors (Lipinski definition) is 1. The Bertz CT molecular complexity index is 1200. The number of benzene rings is 2. The fourth-order valence-corrected chi connectivity index (χ4v) is 7.76. The van der Waals surface area contributed by atoms with Gasteiger partial charge in [-0.25, -0.2) is 4.79 Å². The lowest BCUT2D eigenvalue weighted by Crippen LogP contribution is -2.66. The molecule has 0 bridgehead atoms. The number of aldehydes is 1. The first-order valence-corrected chi connectivity index (χ1v) is 13.4. The molecule has 0 amide bonds. The van der Waals surface area contributed by atoms with E-state index in [1.54, 1.807) is 6.07 Å². The van der Waals surface area contributed by atoms with Crippen LogP contribution in [0.15, 0.2) is 36.4 Å². The molecule has 198 valence electrons. The van der Waals surface area contributed by atoms with Crippen molar-refractivity contribution in [3.05, 3.63) is 58.7 Å². The van der Waals surface area contributed by atoms with Crippen LogP contribution in [0, 0.1) is 22.7 Å². The molecule has 0 saturated heterocycles. The molecule has 6 nitrogen and oxygen atoms in total. The average molecular weight is 507 g/mol. The molecule has 5 atom stereocenters. The lowest BCUT2D eigenvalue weighted by molar-refractivity contribution is -0.210. The smallest absolute Gasteiger partial charge is 0.338 e. The molecule has 0 radical (unpaired) electrons. The first-order chi connectivity index (χ1) is 17.6. The predicted octanol–water partition coefficient (Wildman–Crippen LogP) is 5.77. The molecule has 1 heterocycles. The van der Waals surface area contributed by atoms with Crippen LogP contribution in [0.25, 0.3) is 0 Å². The van der Waals surface area contributed by atoms with E-state index in [1.807, 2.05) is 30.3 Å². The number of fused-ring (bicyclic) bond motifs is 3. The quantitative estimate of drug-likeness (QED) is 0.409. The SMILES string of the molecule is COC(=O)c1cc(OCc2ccccc2)c2c(c1C=O)O[C@]1(C2)[C@H](C)CC[C@H]2C(C)(C)[C@H](O)CC[C@@]21C. The molecule has 1 spiro atoms. The van der Waals surface area contributed by atoms with Crippen molar-refractivity contribution < 1.29 is 28.9 Å². The number of rotatable bonds is 5. The van der Waals surface area contributed by atoms with E-state index in [-0.39, 0.29) is 39.9 Å². The van der Waals surface area contributed by atoms with Gasteiger partial charge in [-0.2, -0.15) is 0 Å². The lowest BCUT2D eigenvalue weighted by atomic mass is 9.43. The Morgan fingerprint density at radius 3 is 2.57 bits per heavy atom. The van der Waals surface area contributed by atoms with Gasteiger partial charge in [-0.3, -0.25) is 4.79 Å². The van der Waals surface area contributed by atoms with Crippen molar-refractivity contribution in [3.8, 4) is 11.5 Å². The second-order valence-electron chi connectivity index (χ2n) is 12.0. The number of carbonyl (C=O) groups is 2. The van der Waals surface area contributed by atoms with Crippen LogP contribution in [0.1, 0.15) is 85.2 Å². The summed E-state index contributed by atoms with van der Waals surface area (Å²) in [6.07, 6.45) is 4.46. The zero-order chi connectivity index (χ0) is 26.6. The molecule has 1 aliphatic heterocycles. The highest BCUT2D eigenvalue weighted by atomic mass is 16.5. The van der Waals surface area contributed by atoms with Crippen molar-refractivity contribution in [2.45, 2.75) is 78.1 Å². The largest absolute Gasteiger partial charge is 0.488 e. The Labute approximate surface area is 219 Å². The Morgan fingerprint density at radius 2 is 1.89 bits per heavy atom. The minimum atomic E-state index is -0.596. The minimum absolute atomic E-state index is 0.154. The number of methoxy groups -OCH3 is 1. The first kappa shape index (κ1) is 25.8. The maximum atomic E-state index is 12.7. The molecule has 6 heteroatoms. The minimum Gasteiger partial charge on any atom is -0.488 e. The normalized spacial score (nSPS) is 31.7. The van der Waals surface area contributed by atoms with Gasteiger partial charge in [-0.15, -0.1) is 0 Å². The van der Waals surface area contributed by atoms with Gasteiger partial charge in [0.05, 0.1) is 24.3 Å². The van der Waals surface area contributed by atoms with Gasteiger partial charge < -0.3 is 19.3 Å². The standard InChI is InChI=1S/C31H38O6/c1-19-11-12-25-29(2,3)26(33)13-14-30(25,4)31(19)16-22-24(36-18-20-9-7-6-8-10-20)15-21(28(34)35-5)23(17-32)27(22)37-31/h6-10,15,17,19,25-26,33H,11-14,16,18H2,1-5H3/t19-,25+,26-,30+,31-/m1/s1. The predicted molar refractivity (Wildman–Crippen MR) is 140 cm³/mol. The average Bonchev–Trinajstić information content (AvgIpc) is 3.31. The van der Waals surface area contributed by atoms with Crippen LogP contribution in [0.3, 0.4) is 0 Å². The number of aliphatic hydroxyl groups excluding tert-OH is 1. The van der Waals surface area contributed by atoms with E-state index in [1.165, 1.54) is 7.11 Å². The van der Waals surface area contributed by atoms with E-state index in [0.717, 1.165) is 30.4 Å². The van der Waals surface area contributed by atoms with Gasteiger partial charge in [0.1, 0.15) is 23.7 Å². The van der Waals surface area contributed by atoms with Gasteiger partial charge in [0.25, 0.3) is 0 Å². The Morgan fingerprint density at radius 1 is 1.16 bits per heavy atom. The van der Waals surface area contributed by atoms with Crippen LogP contribution >= 0.6 is 0 Å². The molecule has 5 rings (SSSR count). The molecule has 2 fully saturated rings. The highest BCUT2D eigenvalue weighted by Gasteiger charge is 2.67. The van der Waals surface area contributed by atoms with Crippen molar-refractivity contribution >= 4 is 12.3 Å². The van der Waals surface area contributed by atoms with E-state index in [0.29, 0.717) is 37.2 Å². The van der Waals surface area contributed by atoms with E-state index in [2.05, 4.69) is 27.7 Å². The highest BCUT2D eigenvalue weighted by Crippen LogP contribution is 2.67. The summed E-state index contributed by atoms with van der Waals surface area (Å²) >= 11 is 0. The molecular weight excluding hydrogens is 468 g/mol. The van der Waals surface area contributed by atoms with Gasteiger partial charge >= 0.3 is 5.97 Å². The number of aliphatic hydroxyl groups is 1. The van der Waals surface area contributed by atoms with Crippen LogP contribution < -0.4 is 9.47 Å². The summed E-state index contributed by atoms with van der Waals surface area (Å²) < 4.78 is 18.3. The summed E-state index contributed by atoms with van der Waals surface area (Å²) in [4.78, 5) is 25.1. The van der Waals surface area contributed by atoms with Crippen LogP contribution in [0.4, 0.5) is 0 Å². The number of esters is 1. The fraction of sp³-hybridized carbons (Fsp3) is 0.548. The molecule has 3 aliphatic rings. The number of hydrogen-bond acceptors (Lipinski definition) is 6. The molecule has 2 aliphatic carbocycles. The summed E-state index contributed by atoms with van der Waals surface area (Å²) in [7, 11) is 1.31. The van der Waals surface area contributed by atoms with Crippen molar-refractivity contribution in [2.24, 2.45) is 22.7 Å². The molecule has 2 aromatic rings. The van der Waals surface area contributed by atoms with Crippen molar-refractivity contribution in [1.82, 2.24) is 0 Å². The maximum Gasteiger partial charge on any atom is 0.338 e. The van der Waals surface area contributed by atoms with Crippen molar-refractivity contribution in [2.75, 3.05) is 7.11 Å². The zero-order valence-corrected chi connectivity index (χ0v) is 22.5. The Hall–Kier alpha value is -2.86. The monoisotopic (exact) mass is 506 g/mol. The summed E-state index contributed by atoms with van der Waals surface area (Å²) in [5.41, 5.74) is 1.16. The van der Waals surface area contributed by atoms with E-state index >= 15 is 0 Å². The third kappa shape index (κ3) is 3.79. The van der Waals surface area contributed by atoms with Gasteiger partial charge in [-0.1, -0.05) is 58.0 Å². The molecule has 0 unspecified atom stereocenters. The van der Waals surface area contributed by atoms with Crippen LogP contribution in [0.2, 0.25) is 0 Å². The van der Waals surface area contributed by atoms with E-state index in [9.17, 15) is 14.7 Å². The Balaban J connectivity index is 1.63. The summed E-state index contributed by atoms with van der Waals surface area (Å²) in [5, 5.41) is 10.9. The lowest BCUT2D eigenvalue weighted by Gasteiger charge is -2.64. The van der Waals surface area contributed by atoms with Crippen LogP contribution in [-0.2, 0) is 17.8 Å². The number of ether oxygens (including phenoxy) is 3. The highest BCUT2D eigenvalue weighted by molar-refractivity contribution is 6.01. The zero-order valence-electron chi connectivity index (χ0n) is 22.5. The Kier molecular flexibility index (Phi) is 6.38. The fourth-order valence-electron chi connectivity index (χ4n) is 7.76. The van der Waals surface area contributed by atoms with Gasteiger partial charge in [-0.05, 0) is 54.6 Å². The third-order valence-electron chi connectivity index (χ3n) is 9.98. The van der Waals surface area contributed by atoms with Crippen LogP contribution in [-0.4, -0.2) is 36.2 Å². The molecule has 1 N–H and O–H groups in total. The molecule has 2 aromatic carbocycles. The van der Waals surface area contributed by atoms with E-state index < -0.39 is 11.6 Å². The third-order valence-corrected chi connectivity index (χ3v) is 9.98. The van der Waals surface area contributed by atoms with Gasteiger partial charge in [0.15, 0.2) is 6.29 Å². The number of carbonyl (C=O) groups excluding carboxylic acids is 2. The topological polar surface area (TPSA) is 82.1 Å². The maximum absolute atomic E-state index is 12.7. The second-order valence-corrected chi connectivity index (χ2v) is 12.0. The molecular formula is C31H38O6. The summed E-state index contributed by atoms with van der Waals surface area (Å²) in [6.45, 7) is 9.21. The second kappa shape index (κ2) is 9.16. The first-order valence-electron chi connectivity index (χ1n) is 13.4. The van der Waals surface area contributed by atoms with Crippen LogP contribution in [0.5, 0.6) is 11.5 Å². The van der Waals surface area contributed by atoms with E-state index in [4.69, 9.17) is 14.2 Å². The summed E-state index contributed by atoms with van der Waals surface area (Å²) in [6, 6.07) is 11.5. The van der Waals surface area contributed by atoms with Gasteiger partial charge in [0, 0.05) is 17.4 Å². The summed E-state index contributed by atoms with van der Waals surface area (Å²) in [5.74, 6) is 0.869. The van der Waals surface area contributed by atoms with Gasteiger partial charge in [0.2, 0.25) is 0 Å². The molecule has 37 heavy (non-hydrogen) atoms. The van der Waals surface area contributed by atoms with Crippen molar-refractivity contribution in [3.63, 3.8) is 0 Å². The van der Waals surface area contributed by atoms with Crippen molar-refractivity contribution in [1.29, 1.82) is 0 Å².